The van der Waals surface area contributed by atoms with Gasteiger partial charge in [-0.1, -0.05) is 18.7 Å². The van der Waals surface area contributed by atoms with Crippen molar-refractivity contribution in [1.29, 1.82) is 0 Å². The smallest absolute Gasteiger partial charge is 0.277 e. The van der Waals surface area contributed by atoms with Crippen molar-refractivity contribution >= 4 is 17.7 Å². The molecule has 0 aliphatic carbocycles. The fraction of sp³-hybridized carbons (Fsp3) is 0.438. The van der Waals surface area contributed by atoms with Crippen LogP contribution in [-0.2, 0) is 4.79 Å². The molecule has 8 nitrogen and oxygen atoms in total. The summed E-state index contributed by atoms with van der Waals surface area (Å²) in [5, 5.41) is 11.1. The van der Waals surface area contributed by atoms with E-state index in [2.05, 4.69) is 15.5 Å². The van der Waals surface area contributed by atoms with Gasteiger partial charge in [-0.3, -0.25) is 4.79 Å². The highest BCUT2D eigenvalue weighted by Gasteiger charge is 2.18. The van der Waals surface area contributed by atoms with Crippen LogP contribution in [0.15, 0.2) is 21.8 Å². The number of hydrogen-bond acceptors (Lipinski definition) is 8. The number of aromatic nitrogens is 2. The Kier molecular flexibility index (Phi) is 6.93. The van der Waals surface area contributed by atoms with Gasteiger partial charge in [-0.2, -0.15) is 0 Å². The molecule has 0 fully saturated rings. The normalized spacial score (nSPS) is 10.4. The van der Waals surface area contributed by atoms with Gasteiger partial charge in [0.15, 0.2) is 11.5 Å². The molecule has 9 heteroatoms. The number of thioether (sulfide) groups is 1. The highest BCUT2D eigenvalue weighted by atomic mass is 32.2. The Hall–Kier alpha value is -2.42. The summed E-state index contributed by atoms with van der Waals surface area (Å²) in [7, 11) is 4.60. The molecule has 1 amide bonds. The van der Waals surface area contributed by atoms with E-state index < -0.39 is 0 Å². The number of amides is 1. The van der Waals surface area contributed by atoms with E-state index in [-0.39, 0.29) is 11.7 Å². The first kappa shape index (κ1) is 18.9. The number of nitrogens with one attached hydrogen (secondary N) is 1. The van der Waals surface area contributed by atoms with Crippen LogP contribution in [0.4, 0.5) is 0 Å². The van der Waals surface area contributed by atoms with Crippen molar-refractivity contribution in [2.45, 2.75) is 18.6 Å². The summed E-state index contributed by atoms with van der Waals surface area (Å²) in [6.07, 6.45) is 0.891. The lowest BCUT2D eigenvalue weighted by molar-refractivity contribution is -0.118. The van der Waals surface area contributed by atoms with Crippen molar-refractivity contribution in [3.8, 4) is 28.7 Å². The lowest BCUT2D eigenvalue weighted by Gasteiger charge is -2.12. The molecule has 136 valence electrons. The third-order valence-corrected chi connectivity index (χ3v) is 4.04. The molecule has 0 saturated heterocycles. The maximum Gasteiger partial charge on any atom is 0.277 e. The molecule has 0 unspecified atom stereocenters. The van der Waals surface area contributed by atoms with E-state index in [1.807, 2.05) is 6.92 Å². The number of carbonyl (C=O) groups excluding carboxylic acids is 1. The molecule has 0 spiro atoms. The predicted molar refractivity (Wildman–Crippen MR) is 93.4 cm³/mol. The molecule has 1 N–H and O–H groups in total. The van der Waals surface area contributed by atoms with E-state index in [0.29, 0.717) is 40.5 Å². The summed E-state index contributed by atoms with van der Waals surface area (Å²) < 4.78 is 21.5. The Labute approximate surface area is 150 Å². The van der Waals surface area contributed by atoms with Gasteiger partial charge in [-0.25, -0.2) is 0 Å². The Morgan fingerprint density at radius 2 is 1.84 bits per heavy atom. The van der Waals surface area contributed by atoms with Crippen LogP contribution in [0.3, 0.4) is 0 Å². The quantitative estimate of drug-likeness (QED) is 0.675. The van der Waals surface area contributed by atoms with Gasteiger partial charge in [0.25, 0.3) is 5.22 Å². The molecule has 1 aromatic carbocycles. The van der Waals surface area contributed by atoms with E-state index in [1.165, 1.54) is 33.1 Å². The molecule has 0 radical (unpaired) electrons. The number of carbonyl (C=O) groups is 1. The summed E-state index contributed by atoms with van der Waals surface area (Å²) >= 11 is 1.18. The third kappa shape index (κ3) is 4.79. The number of nitrogens with zero attached hydrogens (tertiary/aromatic N) is 2. The zero-order valence-corrected chi connectivity index (χ0v) is 15.4. The van der Waals surface area contributed by atoms with Crippen molar-refractivity contribution in [2.24, 2.45) is 0 Å². The lowest BCUT2D eigenvalue weighted by Crippen LogP contribution is -2.25. The number of hydrogen-bond donors (Lipinski definition) is 1. The second-order valence-corrected chi connectivity index (χ2v) is 5.85. The van der Waals surface area contributed by atoms with Crippen molar-refractivity contribution in [3.05, 3.63) is 12.1 Å². The average Bonchev–Trinajstić information content (AvgIpc) is 3.12. The first-order valence-corrected chi connectivity index (χ1v) is 8.64. The van der Waals surface area contributed by atoms with Gasteiger partial charge in [0.05, 0.1) is 27.1 Å². The maximum absolute atomic E-state index is 11.6. The maximum atomic E-state index is 11.6. The van der Waals surface area contributed by atoms with E-state index in [1.54, 1.807) is 12.1 Å². The SMILES string of the molecule is CCCNC(=O)CSc1nnc(-c2cc(OC)c(OC)c(OC)c2)o1. The molecule has 0 atom stereocenters. The van der Waals surface area contributed by atoms with E-state index >= 15 is 0 Å². The van der Waals surface area contributed by atoms with E-state index in [0.717, 1.165) is 6.42 Å². The predicted octanol–water partition coefficient (Wildman–Crippen LogP) is 2.38. The standard InChI is InChI=1S/C16H21N3O5S/c1-5-6-17-13(20)9-25-16-19-18-15(24-16)10-7-11(21-2)14(23-4)12(8-10)22-3/h7-8H,5-6,9H2,1-4H3,(H,17,20). The zero-order valence-electron chi connectivity index (χ0n) is 14.6. The van der Waals surface area contributed by atoms with Crippen LogP contribution >= 0.6 is 11.8 Å². The monoisotopic (exact) mass is 367 g/mol. The average molecular weight is 367 g/mol. The minimum absolute atomic E-state index is 0.0700. The Morgan fingerprint density at radius 1 is 1.16 bits per heavy atom. The van der Waals surface area contributed by atoms with Crippen LogP contribution in [0.5, 0.6) is 17.2 Å². The van der Waals surface area contributed by atoms with Gasteiger partial charge in [0.1, 0.15) is 0 Å². The lowest BCUT2D eigenvalue weighted by atomic mass is 10.2. The van der Waals surface area contributed by atoms with Crippen LogP contribution in [0.25, 0.3) is 11.5 Å². The van der Waals surface area contributed by atoms with Crippen LogP contribution in [-0.4, -0.2) is 49.7 Å². The molecule has 0 bridgehead atoms. The summed E-state index contributed by atoms with van der Waals surface area (Å²) in [4.78, 5) is 11.6. The molecular formula is C16H21N3O5S. The summed E-state index contributed by atoms with van der Waals surface area (Å²) in [5.74, 6) is 1.91. The largest absolute Gasteiger partial charge is 0.493 e. The Balaban J connectivity index is 2.15. The fourth-order valence-electron chi connectivity index (χ4n) is 2.03. The summed E-state index contributed by atoms with van der Waals surface area (Å²) in [5.41, 5.74) is 0.629. The van der Waals surface area contributed by atoms with Gasteiger partial charge < -0.3 is 23.9 Å². The Bertz CT molecular complexity index is 695. The summed E-state index contributed by atoms with van der Waals surface area (Å²) in [6.45, 7) is 2.65. The minimum atomic E-state index is -0.0700. The molecule has 1 heterocycles. The van der Waals surface area contributed by atoms with Crippen LogP contribution in [0.1, 0.15) is 13.3 Å². The molecule has 2 aromatic rings. The molecule has 1 aromatic heterocycles. The first-order chi connectivity index (χ1) is 12.1. The van der Waals surface area contributed by atoms with Crippen molar-refractivity contribution in [2.75, 3.05) is 33.6 Å². The second-order valence-electron chi connectivity index (χ2n) is 4.93. The van der Waals surface area contributed by atoms with Crippen LogP contribution < -0.4 is 19.5 Å². The highest BCUT2D eigenvalue weighted by Crippen LogP contribution is 2.41. The fourth-order valence-corrected chi connectivity index (χ4v) is 2.63. The van der Waals surface area contributed by atoms with Crippen molar-refractivity contribution < 1.29 is 23.4 Å². The van der Waals surface area contributed by atoms with Crippen molar-refractivity contribution in [3.63, 3.8) is 0 Å². The summed E-state index contributed by atoms with van der Waals surface area (Å²) in [6, 6.07) is 3.44. The Morgan fingerprint density at radius 3 is 2.40 bits per heavy atom. The molecular weight excluding hydrogens is 346 g/mol. The highest BCUT2D eigenvalue weighted by molar-refractivity contribution is 7.99. The number of benzene rings is 1. The van der Waals surface area contributed by atoms with Gasteiger partial charge in [0, 0.05) is 12.1 Å². The molecule has 0 aliphatic rings. The van der Waals surface area contributed by atoms with Crippen LogP contribution in [0.2, 0.25) is 0 Å². The first-order valence-electron chi connectivity index (χ1n) is 7.66. The molecule has 2 rings (SSSR count). The molecule has 25 heavy (non-hydrogen) atoms. The van der Waals surface area contributed by atoms with Gasteiger partial charge in [0.2, 0.25) is 17.5 Å². The van der Waals surface area contributed by atoms with Gasteiger partial charge in [-0.05, 0) is 18.6 Å². The van der Waals surface area contributed by atoms with E-state index in [9.17, 15) is 4.79 Å². The second kappa shape index (κ2) is 9.16. The zero-order chi connectivity index (χ0) is 18.2. The van der Waals surface area contributed by atoms with Crippen LogP contribution in [0, 0.1) is 0 Å². The number of rotatable bonds is 9. The van der Waals surface area contributed by atoms with E-state index in [4.69, 9.17) is 18.6 Å². The van der Waals surface area contributed by atoms with Gasteiger partial charge in [-0.15, -0.1) is 10.2 Å². The third-order valence-electron chi connectivity index (χ3n) is 3.22. The van der Waals surface area contributed by atoms with Gasteiger partial charge >= 0.3 is 0 Å². The molecule has 0 aliphatic heterocycles. The number of ether oxygens (including phenoxy) is 3. The molecule has 0 saturated carbocycles. The van der Waals surface area contributed by atoms with Crippen molar-refractivity contribution in [1.82, 2.24) is 15.5 Å². The number of methoxy groups -OCH3 is 3. The topological polar surface area (TPSA) is 95.7 Å². The minimum Gasteiger partial charge on any atom is -0.493 e.